The van der Waals surface area contributed by atoms with E-state index < -0.39 is 18.0 Å². The fourth-order valence-corrected chi connectivity index (χ4v) is 1.63. The van der Waals surface area contributed by atoms with Crippen molar-refractivity contribution in [2.24, 2.45) is 5.92 Å². The van der Waals surface area contributed by atoms with E-state index >= 15 is 0 Å². The normalized spacial score (nSPS) is 28.1. The lowest BCUT2D eigenvalue weighted by molar-refractivity contribution is -0.271. The minimum Gasteiger partial charge on any atom is -0.390 e. The van der Waals surface area contributed by atoms with Crippen LogP contribution < -0.4 is 0 Å². The number of hydrogen-bond acceptors (Lipinski definition) is 4. The molecule has 88 valence electrons. The Morgan fingerprint density at radius 2 is 2.13 bits per heavy atom. The van der Waals surface area contributed by atoms with E-state index in [4.69, 9.17) is 9.47 Å². The molecule has 0 saturated carbocycles. The summed E-state index contributed by atoms with van der Waals surface area (Å²) in [6.45, 7) is 7.51. The minimum absolute atomic E-state index is 0.0207. The van der Waals surface area contributed by atoms with Crippen molar-refractivity contribution in [2.75, 3.05) is 6.61 Å². The molecule has 1 N–H and O–H groups in total. The summed E-state index contributed by atoms with van der Waals surface area (Å²) in [5, 5.41) is 9.85. The molecule has 0 radical (unpaired) electrons. The number of hydrogen-bond donors (Lipinski definition) is 1. The molecule has 1 aliphatic rings. The Labute approximate surface area is 90.6 Å². The van der Waals surface area contributed by atoms with Crippen molar-refractivity contribution in [1.29, 1.82) is 0 Å². The van der Waals surface area contributed by atoms with E-state index in [0.717, 1.165) is 0 Å². The molecular weight excluding hydrogens is 196 g/mol. The Bertz CT molecular complexity index is 235. The molecule has 0 bridgehead atoms. The average Bonchev–Trinajstić information content (AvgIpc) is 2.08. The van der Waals surface area contributed by atoms with Crippen LogP contribution in [0.3, 0.4) is 0 Å². The molecule has 15 heavy (non-hydrogen) atoms. The lowest BCUT2D eigenvalue weighted by Crippen LogP contribution is -2.51. The zero-order valence-electron chi connectivity index (χ0n) is 9.82. The molecule has 0 aromatic heterocycles. The van der Waals surface area contributed by atoms with Crippen LogP contribution >= 0.6 is 0 Å². The largest absolute Gasteiger partial charge is 0.390 e. The van der Waals surface area contributed by atoms with Gasteiger partial charge in [0, 0.05) is 0 Å². The van der Waals surface area contributed by atoms with E-state index in [9.17, 15) is 9.90 Å². The summed E-state index contributed by atoms with van der Waals surface area (Å²) >= 11 is 0. The van der Waals surface area contributed by atoms with Gasteiger partial charge in [-0.15, -0.1) is 0 Å². The Kier molecular flexibility index (Phi) is 3.87. The average molecular weight is 216 g/mol. The Morgan fingerprint density at radius 3 is 2.67 bits per heavy atom. The van der Waals surface area contributed by atoms with E-state index in [1.54, 1.807) is 13.8 Å². The van der Waals surface area contributed by atoms with Crippen LogP contribution in [0.1, 0.15) is 34.1 Å². The molecule has 1 fully saturated rings. The number of rotatable bonds is 3. The number of ether oxygens (including phenoxy) is 2. The second-order valence-electron chi connectivity index (χ2n) is 4.89. The topological polar surface area (TPSA) is 55.8 Å². The van der Waals surface area contributed by atoms with Gasteiger partial charge < -0.3 is 14.6 Å². The molecule has 0 spiro atoms. The van der Waals surface area contributed by atoms with Crippen LogP contribution in [0.25, 0.3) is 0 Å². The highest BCUT2D eigenvalue weighted by Crippen LogP contribution is 2.24. The minimum atomic E-state index is -0.781. The summed E-state index contributed by atoms with van der Waals surface area (Å²) in [6.07, 6.45) is -0.913. The maximum Gasteiger partial charge on any atom is 0.190 e. The smallest absolute Gasteiger partial charge is 0.190 e. The first-order valence-electron chi connectivity index (χ1n) is 5.34. The molecule has 4 heteroatoms. The van der Waals surface area contributed by atoms with Gasteiger partial charge in [-0.25, -0.2) is 0 Å². The van der Waals surface area contributed by atoms with Crippen LogP contribution in [0.2, 0.25) is 0 Å². The van der Waals surface area contributed by atoms with Gasteiger partial charge in [0.15, 0.2) is 11.6 Å². The maximum atomic E-state index is 11.5. The second-order valence-corrected chi connectivity index (χ2v) is 4.89. The molecule has 0 aromatic rings. The summed E-state index contributed by atoms with van der Waals surface area (Å²) in [5.41, 5.74) is 0. The third-order valence-corrected chi connectivity index (χ3v) is 2.35. The fraction of sp³-hybridized carbons (Fsp3) is 0.909. The van der Waals surface area contributed by atoms with E-state index in [1.807, 2.05) is 13.8 Å². The van der Waals surface area contributed by atoms with Crippen molar-refractivity contribution in [3.05, 3.63) is 0 Å². The van der Waals surface area contributed by atoms with Crippen molar-refractivity contribution >= 4 is 5.78 Å². The predicted octanol–water partition coefficient (Wildman–Crippen LogP) is 1.11. The Morgan fingerprint density at radius 1 is 1.53 bits per heavy atom. The van der Waals surface area contributed by atoms with Gasteiger partial charge in [-0.1, -0.05) is 13.8 Å². The highest BCUT2D eigenvalue weighted by molar-refractivity contribution is 5.85. The number of carbonyl (C=O) groups is 1. The summed E-state index contributed by atoms with van der Waals surface area (Å²) in [7, 11) is 0. The number of ketones is 1. The summed E-state index contributed by atoms with van der Waals surface area (Å²) in [6, 6.07) is 0. The lowest BCUT2D eigenvalue weighted by Gasteiger charge is -2.37. The van der Waals surface area contributed by atoms with E-state index in [-0.39, 0.29) is 12.4 Å². The van der Waals surface area contributed by atoms with Crippen molar-refractivity contribution in [3.63, 3.8) is 0 Å². The first-order valence-corrected chi connectivity index (χ1v) is 5.34. The molecule has 1 heterocycles. The second kappa shape index (κ2) is 4.60. The van der Waals surface area contributed by atoms with Crippen molar-refractivity contribution < 1.29 is 19.4 Å². The van der Waals surface area contributed by atoms with Gasteiger partial charge in [0.1, 0.15) is 12.7 Å². The summed E-state index contributed by atoms with van der Waals surface area (Å²) in [4.78, 5) is 11.5. The molecule has 1 aliphatic heterocycles. The van der Waals surface area contributed by atoms with Crippen molar-refractivity contribution in [1.82, 2.24) is 0 Å². The highest BCUT2D eigenvalue weighted by atomic mass is 16.7. The first-order chi connectivity index (χ1) is 6.82. The number of Topliss-reactive ketones (excluding diaryl/α,β-unsaturated/α-hetero) is 1. The van der Waals surface area contributed by atoms with Crippen LogP contribution in [-0.4, -0.2) is 35.5 Å². The van der Waals surface area contributed by atoms with Gasteiger partial charge in [0.2, 0.25) is 0 Å². The molecule has 2 atom stereocenters. The van der Waals surface area contributed by atoms with Gasteiger partial charge in [-0.05, 0) is 26.2 Å². The molecule has 0 aliphatic carbocycles. The molecule has 0 aromatic carbocycles. The van der Waals surface area contributed by atoms with Crippen LogP contribution in [0.15, 0.2) is 0 Å². The third kappa shape index (κ3) is 3.55. The van der Waals surface area contributed by atoms with Gasteiger partial charge in [0.05, 0.1) is 6.10 Å². The monoisotopic (exact) mass is 216 g/mol. The van der Waals surface area contributed by atoms with Crippen LogP contribution in [0, 0.1) is 5.92 Å². The summed E-state index contributed by atoms with van der Waals surface area (Å²) in [5.74, 6) is -0.624. The molecular formula is C11H20O4. The van der Waals surface area contributed by atoms with Crippen LogP contribution in [0.4, 0.5) is 0 Å². The molecule has 1 unspecified atom stereocenters. The SMILES string of the molecule is CC(C)C[C@H](O)C1OC(C)(C)OCC1=O. The van der Waals surface area contributed by atoms with Crippen molar-refractivity contribution in [3.8, 4) is 0 Å². The standard InChI is InChI=1S/C11H20O4/c1-7(2)5-8(12)10-9(13)6-14-11(3,4)15-10/h7-8,10,12H,5-6H2,1-4H3/t8-,10?/m0/s1. The predicted molar refractivity (Wildman–Crippen MR) is 55.4 cm³/mol. The van der Waals surface area contributed by atoms with Gasteiger partial charge in [0.25, 0.3) is 0 Å². The van der Waals surface area contributed by atoms with Crippen molar-refractivity contribution in [2.45, 2.75) is 52.1 Å². The Hall–Kier alpha value is -0.450. The molecule has 1 rings (SSSR count). The quantitative estimate of drug-likeness (QED) is 0.768. The van der Waals surface area contributed by atoms with E-state index in [0.29, 0.717) is 12.3 Å². The number of aliphatic hydroxyl groups excluding tert-OH is 1. The van der Waals surface area contributed by atoms with Gasteiger partial charge >= 0.3 is 0 Å². The third-order valence-electron chi connectivity index (χ3n) is 2.35. The van der Waals surface area contributed by atoms with Gasteiger partial charge in [-0.2, -0.15) is 0 Å². The van der Waals surface area contributed by atoms with E-state index in [1.165, 1.54) is 0 Å². The van der Waals surface area contributed by atoms with Crippen LogP contribution in [0.5, 0.6) is 0 Å². The van der Waals surface area contributed by atoms with Gasteiger partial charge in [-0.3, -0.25) is 4.79 Å². The summed E-state index contributed by atoms with van der Waals surface area (Å²) < 4.78 is 10.6. The highest BCUT2D eigenvalue weighted by Gasteiger charge is 2.39. The molecule has 0 amide bonds. The first kappa shape index (κ1) is 12.6. The number of aliphatic hydroxyl groups is 1. The lowest BCUT2D eigenvalue weighted by atomic mass is 9.98. The molecule has 1 saturated heterocycles. The van der Waals surface area contributed by atoms with Crippen LogP contribution in [-0.2, 0) is 14.3 Å². The number of carbonyl (C=O) groups excluding carboxylic acids is 1. The molecule has 4 nitrogen and oxygen atoms in total. The fourth-order valence-electron chi connectivity index (χ4n) is 1.63. The zero-order valence-corrected chi connectivity index (χ0v) is 9.82. The zero-order chi connectivity index (χ0) is 11.6. The van der Waals surface area contributed by atoms with E-state index in [2.05, 4.69) is 0 Å². The maximum absolute atomic E-state index is 11.5. The Balaban J connectivity index is 2.61.